The van der Waals surface area contributed by atoms with Gasteiger partial charge in [-0.1, -0.05) is 41.9 Å². The maximum atomic E-state index is 12.5. The van der Waals surface area contributed by atoms with Gasteiger partial charge in [-0.2, -0.15) is 5.26 Å². The summed E-state index contributed by atoms with van der Waals surface area (Å²) in [6.45, 7) is 0. The molecule has 0 saturated carbocycles. The number of aliphatic hydroxyl groups excluding tert-OH is 1. The molecule has 132 valence electrons. The topological polar surface area (TPSA) is 66.0 Å². The van der Waals surface area contributed by atoms with Gasteiger partial charge in [-0.05, 0) is 35.9 Å². The van der Waals surface area contributed by atoms with Crippen LogP contribution in [-0.4, -0.2) is 9.67 Å². The van der Waals surface area contributed by atoms with Crippen LogP contribution in [0.4, 0.5) is 0 Å². The van der Waals surface area contributed by atoms with Gasteiger partial charge in [-0.3, -0.25) is 9.36 Å². The summed E-state index contributed by atoms with van der Waals surface area (Å²) in [7, 11) is 0. The summed E-state index contributed by atoms with van der Waals surface area (Å²) in [5, 5.41) is 21.8. The monoisotopic (exact) mass is 392 g/mol. The minimum Gasteiger partial charge on any atom is -0.384 e. The molecule has 2 aromatic heterocycles. The Morgan fingerprint density at radius 2 is 1.85 bits per heavy atom. The lowest BCUT2D eigenvalue weighted by Crippen LogP contribution is -2.16. The molecule has 0 fully saturated rings. The molecule has 4 nitrogen and oxygen atoms in total. The number of rotatable bonds is 3. The summed E-state index contributed by atoms with van der Waals surface area (Å²) < 4.78 is 1.56. The van der Waals surface area contributed by atoms with E-state index in [0.29, 0.717) is 36.9 Å². The molecule has 4 rings (SSSR count). The molecule has 2 heterocycles. The van der Waals surface area contributed by atoms with E-state index in [9.17, 15) is 15.2 Å². The summed E-state index contributed by atoms with van der Waals surface area (Å²) in [5.41, 5.74) is 1.60. The summed E-state index contributed by atoms with van der Waals surface area (Å²) in [6.07, 6.45) is -1.02. The second kappa shape index (κ2) is 7.01. The van der Waals surface area contributed by atoms with Gasteiger partial charge in [0.25, 0.3) is 5.56 Å². The number of para-hydroxylation sites is 1. The first kappa shape index (κ1) is 17.5. The normalized spacial score (nSPS) is 12.0. The zero-order chi connectivity index (χ0) is 19.0. The largest absolute Gasteiger partial charge is 0.384 e. The van der Waals surface area contributed by atoms with Gasteiger partial charge in [0.2, 0.25) is 0 Å². The van der Waals surface area contributed by atoms with Crippen molar-refractivity contribution in [2.45, 2.75) is 6.10 Å². The number of thiophene rings is 1. The first-order valence-electron chi connectivity index (χ1n) is 8.17. The molecule has 0 bridgehead atoms. The predicted molar refractivity (Wildman–Crippen MR) is 108 cm³/mol. The molecule has 0 saturated heterocycles. The number of nitriles is 1. The molecule has 0 radical (unpaired) electrons. The second-order valence-electron chi connectivity index (χ2n) is 5.98. The van der Waals surface area contributed by atoms with E-state index < -0.39 is 6.10 Å². The molecule has 0 aliphatic heterocycles. The molecule has 6 heteroatoms. The van der Waals surface area contributed by atoms with Crippen molar-refractivity contribution in [3.05, 3.63) is 98.1 Å². The van der Waals surface area contributed by atoms with Crippen LogP contribution in [0.15, 0.2) is 71.5 Å². The van der Waals surface area contributed by atoms with Crippen molar-refractivity contribution in [2.24, 2.45) is 0 Å². The Labute approximate surface area is 164 Å². The Bertz CT molecular complexity index is 1240. The highest BCUT2D eigenvalue weighted by Gasteiger charge is 2.23. The summed E-state index contributed by atoms with van der Waals surface area (Å²) >= 11 is 7.24. The Hall–Kier alpha value is -2.91. The highest BCUT2D eigenvalue weighted by Crippen LogP contribution is 2.38. The smallest absolute Gasteiger partial charge is 0.256 e. The number of halogens is 1. The van der Waals surface area contributed by atoms with Crippen molar-refractivity contribution in [1.29, 1.82) is 5.26 Å². The fourth-order valence-corrected chi connectivity index (χ4v) is 4.46. The van der Waals surface area contributed by atoms with E-state index in [4.69, 9.17) is 11.6 Å². The third-order valence-electron chi connectivity index (χ3n) is 4.33. The number of hydrogen-bond acceptors (Lipinski definition) is 4. The minimum atomic E-state index is -1.02. The van der Waals surface area contributed by atoms with Gasteiger partial charge in [0.05, 0.1) is 5.69 Å². The van der Waals surface area contributed by atoms with Crippen LogP contribution in [0.1, 0.15) is 22.1 Å². The van der Waals surface area contributed by atoms with Gasteiger partial charge >= 0.3 is 0 Å². The first-order chi connectivity index (χ1) is 13.1. The second-order valence-corrected chi connectivity index (χ2v) is 7.41. The van der Waals surface area contributed by atoms with Crippen LogP contribution in [0.3, 0.4) is 0 Å². The molecule has 1 N–H and O–H groups in total. The van der Waals surface area contributed by atoms with Gasteiger partial charge in [-0.15, -0.1) is 11.3 Å². The Morgan fingerprint density at radius 3 is 2.56 bits per heavy atom. The molecule has 0 spiro atoms. The van der Waals surface area contributed by atoms with Gasteiger partial charge in [0, 0.05) is 22.0 Å². The molecular weight excluding hydrogens is 380 g/mol. The van der Waals surface area contributed by atoms with Crippen molar-refractivity contribution < 1.29 is 5.11 Å². The molecule has 0 aliphatic rings. The minimum absolute atomic E-state index is 0.191. The van der Waals surface area contributed by atoms with Crippen molar-refractivity contribution in [3.8, 4) is 11.8 Å². The lowest BCUT2D eigenvalue weighted by molar-refractivity contribution is 0.222. The van der Waals surface area contributed by atoms with Crippen molar-refractivity contribution in [3.63, 3.8) is 0 Å². The summed E-state index contributed by atoms with van der Waals surface area (Å²) in [4.78, 5) is 13.5. The Balaban J connectivity index is 2.00. The van der Waals surface area contributed by atoms with Crippen LogP contribution >= 0.6 is 22.9 Å². The maximum absolute atomic E-state index is 12.5. The number of fused-ring (bicyclic) bond motifs is 1. The highest BCUT2D eigenvalue weighted by molar-refractivity contribution is 7.19. The molecule has 2 aromatic carbocycles. The average molecular weight is 393 g/mol. The number of aliphatic hydroxyl groups is 1. The van der Waals surface area contributed by atoms with Crippen LogP contribution in [0.5, 0.6) is 0 Å². The number of pyridine rings is 1. The molecule has 0 aliphatic carbocycles. The van der Waals surface area contributed by atoms with Crippen LogP contribution in [-0.2, 0) is 0 Å². The number of nitrogens with zero attached hydrogens (tertiary/aromatic N) is 2. The lowest BCUT2D eigenvalue weighted by atomic mass is 9.99. The zero-order valence-electron chi connectivity index (χ0n) is 14.0. The molecule has 27 heavy (non-hydrogen) atoms. The van der Waals surface area contributed by atoms with Crippen LogP contribution < -0.4 is 5.56 Å². The molecule has 4 aromatic rings. The number of hydrogen-bond donors (Lipinski definition) is 1. The molecule has 0 amide bonds. The third kappa shape index (κ3) is 3.04. The van der Waals surface area contributed by atoms with E-state index >= 15 is 0 Å². The van der Waals surface area contributed by atoms with Gasteiger partial charge in [-0.25, -0.2) is 0 Å². The highest BCUT2D eigenvalue weighted by atomic mass is 35.5. The summed E-state index contributed by atoms with van der Waals surface area (Å²) in [6, 6.07) is 21.4. The van der Waals surface area contributed by atoms with Gasteiger partial charge < -0.3 is 5.11 Å². The van der Waals surface area contributed by atoms with E-state index in [1.54, 1.807) is 34.9 Å². The van der Waals surface area contributed by atoms with Crippen LogP contribution in [0.25, 0.3) is 15.9 Å². The quantitative estimate of drug-likeness (QED) is 0.551. The van der Waals surface area contributed by atoms with Gasteiger partial charge in [0.15, 0.2) is 0 Å². The van der Waals surface area contributed by atoms with Crippen LogP contribution in [0.2, 0.25) is 5.02 Å². The lowest BCUT2D eigenvalue weighted by Gasteiger charge is -2.12. The zero-order valence-corrected chi connectivity index (χ0v) is 15.5. The third-order valence-corrected chi connectivity index (χ3v) is 5.68. The van der Waals surface area contributed by atoms with E-state index in [1.807, 2.05) is 30.3 Å². The molecule has 1 atom stereocenters. The van der Waals surface area contributed by atoms with Crippen LogP contribution in [0, 0.1) is 11.3 Å². The van der Waals surface area contributed by atoms with E-state index in [2.05, 4.69) is 6.07 Å². The van der Waals surface area contributed by atoms with Crippen molar-refractivity contribution >= 4 is 33.2 Å². The van der Waals surface area contributed by atoms with Gasteiger partial charge in [0.1, 0.15) is 21.9 Å². The predicted octanol–water partition coefficient (Wildman–Crippen LogP) is 4.66. The molecule has 1 unspecified atom stereocenters. The average Bonchev–Trinajstić information content (AvgIpc) is 3.06. The Kier molecular flexibility index (Phi) is 4.54. The van der Waals surface area contributed by atoms with Crippen molar-refractivity contribution in [2.75, 3.05) is 0 Å². The number of benzene rings is 2. The summed E-state index contributed by atoms with van der Waals surface area (Å²) in [5.74, 6) is 0. The van der Waals surface area contributed by atoms with E-state index in [-0.39, 0.29) is 5.56 Å². The maximum Gasteiger partial charge on any atom is 0.256 e. The number of aromatic nitrogens is 1. The van der Waals surface area contributed by atoms with Crippen molar-refractivity contribution in [1.82, 2.24) is 4.57 Å². The first-order valence-corrected chi connectivity index (χ1v) is 9.37. The molecular formula is C21H13ClN2O2S. The SMILES string of the molecule is N#Cc1sc2c(ccc(=O)n2-c2ccccc2)c1C(O)c1cccc(Cl)c1. The van der Waals surface area contributed by atoms with E-state index in [1.165, 1.54) is 17.4 Å². The fourth-order valence-electron chi connectivity index (χ4n) is 3.12. The fraction of sp³-hybridized carbons (Fsp3) is 0.0476. The Morgan fingerprint density at radius 1 is 1.07 bits per heavy atom. The van der Waals surface area contributed by atoms with E-state index in [0.717, 1.165) is 0 Å². The standard InChI is InChI=1S/C21H13ClN2O2S/c22-14-6-4-5-13(11-14)20(26)19-16-9-10-18(25)24(15-7-2-1-3-8-15)21(16)27-17(19)12-23/h1-11,20,26H.